The standard InChI is InChI=1S/C27H17Cl2NO5/c1-13-6-11-16(12-19(13)29)30-25(33)20-21(26(30)34)27(35-22(20)14-7-9-15(28)10-8-14)23(31)17-4-2-3-5-18(17)24(27)32/h2-12,20-22H,1H3/t20-,21+,22-/m1/s1. The zero-order valence-electron chi connectivity index (χ0n) is 18.3. The Labute approximate surface area is 210 Å². The Hall–Kier alpha value is -3.32. The monoisotopic (exact) mass is 505 g/mol. The van der Waals surface area contributed by atoms with Crippen molar-refractivity contribution in [2.24, 2.45) is 11.8 Å². The summed E-state index contributed by atoms with van der Waals surface area (Å²) in [5, 5.41) is 0.865. The van der Waals surface area contributed by atoms with Gasteiger partial charge in [0.1, 0.15) is 0 Å². The molecule has 0 radical (unpaired) electrons. The first-order valence-electron chi connectivity index (χ1n) is 11.0. The molecule has 6 rings (SSSR count). The van der Waals surface area contributed by atoms with Gasteiger partial charge in [0.05, 0.1) is 23.6 Å². The largest absolute Gasteiger partial charge is 0.349 e. The molecule has 35 heavy (non-hydrogen) atoms. The molecular formula is C27H17Cl2NO5. The van der Waals surface area contributed by atoms with Crippen LogP contribution in [0.3, 0.4) is 0 Å². The third-order valence-electron chi connectivity index (χ3n) is 7.13. The molecule has 0 unspecified atom stereocenters. The topological polar surface area (TPSA) is 80.8 Å². The van der Waals surface area contributed by atoms with Gasteiger partial charge < -0.3 is 4.74 Å². The highest BCUT2D eigenvalue weighted by atomic mass is 35.5. The van der Waals surface area contributed by atoms with Crippen LogP contribution in [0, 0.1) is 18.8 Å². The second-order valence-corrected chi connectivity index (χ2v) is 9.82. The first kappa shape index (κ1) is 22.2. The lowest BCUT2D eigenvalue weighted by Gasteiger charge is -2.27. The fraction of sp³-hybridized carbons (Fsp3) is 0.185. The number of hydrogen-bond acceptors (Lipinski definition) is 5. The van der Waals surface area contributed by atoms with E-state index in [1.165, 1.54) is 18.2 Å². The molecule has 3 aromatic rings. The molecule has 3 atom stereocenters. The maximum atomic E-state index is 13.9. The molecule has 2 saturated heterocycles. The Bertz CT molecular complexity index is 1430. The maximum Gasteiger partial charge on any atom is 0.241 e. The molecule has 2 amide bonds. The average Bonchev–Trinajstić information content (AvgIpc) is 3.41. The number of ketones is 2. The Kier molecular flexibility index (Phi) is 4.81. The number of Topliss-reactive ketones (excluding diaryl/α,β-unsaturated/α-hetero) is 2. The number of hydrogen-bond donors (Lipinski definition) is 0. The van der Waals surface area contributed by atoms with Crippen LogP contribution in [-0.2, 0) is 14.3 Å². The van der Waals surface area contributed by atoms with Crippen molar-refractivity contribution in [1.29, 1.82) is 0 Å². The summed E-state index contributed by atoms with van der Waals surface area (Å²) in [5.74, 6) is -4.81. The summed E-state index contributed by atoms with van der Waals surface area (Å²) in [6.45, 7) is 1.81. The zero-order chi connectivity index (χ0) is 24.6. The number of amides is 2. The molecule has 2 aliphatic heterocycles. The molecule has 2 fully saturated rings. The van der Waals surface area contributed by atoms with Crippen LogP contribution in [0.1, 0.15) is 37.9 Å². The number of halogens is 2. The van der Waals surface area contributed by atoms with Crippen LogP contribution in [0.5, 0.6) is 0 Å². The van der Waals surface area contributed by atoms with Gasteiger partial charge in [-0.05, 0) is 42.3 Å². The molecule has 3 aromatic carbocycles. The number of anilines is 1. The highest BCUT2D eigenvalue weighted by molar-refractivity contribution is 6.37. The van der Waals surface area contributed by atoms with Gasteiger partial charge in [-0.3, -0.25) is 19.2 Å². The van der Waals surface area contributed by atoms with Crippen molar-refractivity contribution in [3.8, 4) is 0 Å². The minimum Gasteiger partial charge on any atom is -0.349 e. The van der Waals surface area contributed by atoms with Gasteiger partial charge in [0, 0.05) is 21.2 Å². The van der Waals surface area contributed by atoms with Gasteiger partial charge in [-0.1, -0.05) is 65.7 Å². The van der Waals surface area contributed by atoms with Crippen molar-refractivity contribution in [1.82, 2.24) is 0 Å². The van der Waals surface area contributed by atoms with Crippen molar-refractivity contribution in [2.45, 2.75) is 18.6 Å². The van der Waals surface area contributed by atoms with E-state index in [1.807, 2.05) is 0 Å². The summed E-state index contributed by atoms with van der Waals surface area (Å²) in [6, 6.07) is 17.8. The van der Waals surface area contributed by atoms with Crippen LogP contribution in [0.25, 0.3) is 0 Å². The van der Waals surface area contributed by atoms with Gasteiger partial charge in [-0.2, -0.15) is 0 Å². The van der Waals surface area contributed by atoms with E-state index in [4.69, 9.17) is 27.9 Å². The van der Waals surface area contributed by atoms with Gasteiger partial charge in [-0.25, -0.2) is 4.90 Å². The Balaban J connectivity index is 1.54. The lowest BCUT2D eigenvalue weighted by molar-refractivity contribution is -0.127. The maximum absolute atomic E-state index is 13.9. The van der Waals surface area contributed by atoms with Gasteiger partial charge in [0.15, 0.2) is 0 Å². The average molecular weight is 506 g/mol. The summed E-state index contributed by atoms with van der Waals surface area (Å²) < 4.78 is 6.24. The van der Waals surface area contributed by atoms with Crippen LogP contribution in [-0.4, -0.2) is 29.0 Å². The predicted octanol–water partition coefficient (Wildman–Crippen LogP) is 5.00. The number of fused-ring (bicyclic) bond motifs is 3. The number of rotatable bonds is 2. The summed E-state index contributed by atoms with van der Waals surface area (Å²) in [5.41, 5.74) is -0.136. The molecule has 174 valence electrons. The van der Waals surface area contributed by atoms with E-state index in [2.05, 4.69) is 0 Å². The molecule has 0 aromatic heterocycles. The van der Waals surface area contributed by atoms with E-state index >= 15 is 0 Å². The number of nitrogens with zero attached hydrogens (tertiary/aromatic N) is 1. The van der Waals surface area contributed by atoms with Gasteiger partial charge in [0.2, 0.25) is 29.0 Å². The number of ether oxygens (including phenoxy) is 1. The predicted molar refractivity (Wildman–Crippen MR) is 129 cm³/mol. The fourth-order valence-electron chi connectivity index (χ4n) is 5.45. The Morgan fingerprint density at radius 1 is 0.829 bits per heavy atom. The third-order valence-corrected chi connectivity index (χ3v) is 7.79. The molecule has 1 aliphatic carbocycles. The first-order valence-corrected chi connectivity index (χ1v) is 11.8. The van der Waals surface area contributed by atoms with Crippen molar-refractivity contribution >= 4 is 52.3 Å². The van der Waals surface area contributed by atoms with E-state index in [-0.39, 0.29) is 16.8 Å². The van der Waals surface area contributed by atoms with Gasteiger partial charge in [0.25, 0.3) is 0 Å². The van der Waals surface area contributed by atoms with Crippen molar-refractivity contribution in [3.05, 3.63) is 99.0 Å². The van der Waals surface area contributed by atoms with Crippen molar-refractivity contribution < 1.29 is 23.9 Å². The molecule has 0 bridgehead atoms. The van der Waals surface area contributed by atoms with Crippen LogP contribution in [0.4, 0.5) is 5.69 Å². The van der Waals surface area contributed by atoms with Crippen LogP contribution in [0.2, 0.25) is 10.0 Å². The van der Waals surface area contributed by atoms with Gasteiger partial charge in [-0.15, -0.1) is 0 Å². The lowest BCUT2D eigenvalue weighted by Crippen LogP contribution is -2.51. The minimum atomic E-state index is -2.12. The zero-order valence-corrected chi connectivity index (χ0v) is 19.8. The van der Waals surface area contributed by atoms with E-state index < -0.39 is 46.9 Å². The molecular weight excluding hydrogens is 489 g/mol. The van der Waals surface area contributed by atoms with Crippen molar-refractivity contribution in [3.63, 3.8) is 0 Å². The SMILES string of the molecule is Cc1ccc(N2C(=O)[C@H]3[C@@H](c4ccc(Cl)cc4)OC4(C(=O)c5ccccc5C4=O)[C@@H]3C2=O)cc1Cl. The highest BCUT2D eigenvalue weighted by Crippen LogP contribution is 2.57. The van der Waals surface area contributed by atoms with Crippen LogP contribution in [0.15, 0.2) is 66.7 Å². The Morgan fingerprint density at radius 2 is 1.46 bits per heavy atom. The van der Waals surface area contributed by atoms with Gasteiger partial charge >= 0.3 is 0 Å². The number of aryl methyl sites for hydroxylation is 1. The second-order valence-electron chi connectivity index (χ2n) is 8.98. The number of carbonyl (C=O) groups excluding carboxylic acids is 4. The van der Waals surface area contributed by atoms with Crippen LogP contribution >= 0.6 is 23.2 Å². The normalized spacial score (nSPS) is 24.4. The summed E-state index contributed by atoms with van der Waals surface area (Å²) in [6.07, 6.45) is -0.998. The molecule has 0 saturated carbocycles. The van der Waals surface area contributed by atoms with E-state index in [0.29, 0.717) is 15.6 Å². The molecule has 8 heteroatoms. The lowest BCUT2D eigenvalue weighted by atomic mass is 9.77. The quantitative estimate of drug-likeness (QED) is 0.361. The molecule has 6 nitrogen and oxygen atoms in total. The first-order chi connectivity index (χ1) is 16.8. The molecule has 3 aliphatic rings. The number of carbonyl (C=O) groups is 4. The fourth-order valence-corrected chi connectivity index (χ4v) is 5.75. The third kappa shape index (κ3) is 2.88. The van der Waals surface area contributed by atoms with E-state index in [9.17, 15) is 19.2 Å². The molecule has 1 spiro atoms. The molecule has 0 N–H and O–H groups in total. The Morgan fingerprint density at radius 3 is 2.06 bits per heavy atom. The summed E-state index contributed by atoms with van der Waals surface area (Å²) >= 11 is 12.3. The summed E-state index contributed by atoms with van der Waals surface area (Å²) in [7, 11) is 0. The second kappa shape index (κ2) is 7.59. The van der Waals surface area contributed by atoms with Crippen LogP contribution < -0.4 is 4.90 Å². The number of imide groups is 1. The van der Waals surface area contributed by atoms with E-state index in [1.54, 1.807) is 55.5 Å². The summed E-state index contributed by atoms with van der Waals surface area (Å²) in [4.78, 5) is 56.2. The minimum absolute atomic E-state index is 0.185. The van der Waals surface area contributed by atoms with E-state index in [0.717, 1.165) is 10.5 Å². The van der Waals surface area contributed by atoms with Crippen molar-refractivity contribution in [2.75, 3.05) is 4.90 Å². The highest BCUT2D eigenvalue weighted by Gasteiger charge is 2.74. The number of benzene rings is 3. The molecule has 2 heterocycles. The smallest absolute Gasteiger partial charge is 0.241 e.